The molecule has 1 aromatic rings. The second kappa shape index (κ2) is 5.48. The van der Waals surface area contributed by atoms with Crippen LogP contribution in [0.2, 0.25) is 0 Å². The Labute approximate surface area is 144 Å². The lowest BCUT2D eigenvalue weighted by atomic mass is 9.69. The van der Waals surface area contributed by atoms with Crippen LogP contribution in [0.1, 0.15) is 57.2 Å². The first-order chi connectivity index (χ1) is 10.7. The van der Waals surface area contributed by atoms with Gasteiger partial charge in [0.05, 0.1) is 6.21 Å². The minimum atomic E-state index is 0.187. The summed E-state index contributed by atoms with van der Waals surface area (Å²) in [4.78, 5) is 2.56. The van der Waals surface area contributed by atoms with Crippen LogP contribution in [0.5, 0.6) is 0 Å². The highest BCUT2D eigenvalue weighted by atomic mass is 32.1. The number of nitrogens with two attached hydrogens (primary N) is 1. The van der Waals surface area contributed by atoms with Crippen molar-refractivity contribution < 1.29 is 0 Å². The fourth-order valence-electron chi connectivity index (χ4n) is 3.71. The molecule has 0 spiro atoms. The van der Waals surface area contributed by atoms with Gasteiger partial charge in [-0.3, -0.25) is 5.43 Å². The second-order valence-electron chi connectivity index (χ2n) is 7.95. The number of rotatable bonds is 2. The van der Waals surface area contributed by atoms with E-state index >= 15 is 0 Å². The molecule has 0 bridgehead atoms. The maximum atomic E-state index is 5.44. The number of anilines is 1. The predicted octanol–water partition coefficient (Wildman–Crippen LogP) is 3.02. The maximum absolute atomic E-state index is 5.44. The molecule has 2 heterocycles. The van der Waals surface area contributed by atoms with Crippen molar-refractivity contribution in [1.29, 1.82) is 0 Å². The van der Waals surface area contributed by atoms with E-state index in [0.29, 0.717) is 0 Å². The Hall–Kier alpha value is -1.62. The van der Waals surface area contributed by atoms with Crippen LogP contribution in [0, 0.1) is 0 Å². The van der Waals surface area contributed by atoms with Gasteiger partial charge in [0.25, 0.3) is 0 Å². The molecule has 23 heavy (non-hydrogen) atoms. The average molecular weight is 331 g/mol. The molecule has 2 aliphatic heterocycles. The topological polar surface area (TPSA) is 53.6 Å². The molecule has 0 amide bonds. The van der Waals surface area contributed by atoms with Crippen molar-refractivity contribution in [2.24, 2.45) is 10.8 Å². The Kier molecular flexibility index (Phi) is 3.87. The fourth-order valence-corrected chi connectivity index (χ4v) is 3.76. The van der Waals surface area contributed by atoms with Gasteiger partial charge in [-0.1, -0.05) is 27.7 Å². The summed E-state index contributed by atoms with van der Waals surface area (Å²) in [6, 6.07) is 4.55. The molecule has 4 nitrogen and oxygen atoms in total. The molecule has 3 N–H and O–H groups in total. The minimum absolute atomic E-state index is 0.187. The second-order valence-corrected chi connectivity index (χ2v) is 8.39. The first-order valence-corrected chi connectivity index (χ1v) is 8.64. The first kappa shape index (κ1) is 16.2. The van der Waals surface area contributed by atoms with Gasteiger partial charge in [0.2, 0.25) is 0 Å². The molecule has 0 saturated heterocycles. The lowest BCUT2D eigenvalue weighted by molar-refractivity contribution is 0.401. The van der Waals surface area contributed by atoms with Gasteiger partial charge in [-0.25, -0.2) is 0 Å². The molecule has 0 fully saturated rings. The number of hydrogen-bond acceptors (Lipinski definition) is 3. The van der Waals surface area contributed by atoms with E-state index in [4.69, 9.17) is 18.0 Å². The summed E-state index contributed by atoms with van der Waals surface area (Å²) in [5.74, 6) is 0. The lowest BCUT2D eigenvalue weighted by Crippen LogP contribution is -2.44. The van der Waals surface area contributed by atoms with Crippen LogP contribution in [-0.4, -0.2) is 24.4 Å². The number of hydrazone groups is 1. The van der Waals surface area contributed by atoms with Crippen LogP contribution < -0.4 is 16.1 Å². The SMILES string of the molecule is CC1(C)CCN2CCC(C)(C)c3cc(C=NNC(N)=S)cc1c32. The zero-order valence-corrected chi connectivity index (χ0v) is 15.3. The summed E-state index contributed by atoms with van der Waals surface area (Å²) in [7, 11) is 0. The van der Waals surface area contributed by atoms with Crippen molar-refractivity contribution in [1.82, 2.24) is 5.43 Å². The van der Waals surface area contributed by atoms with Gasteiger partial charge in [-0.15, -0.1) is 0 Å². The van der Waals surface area contributed by atoms with E-state index in [0.717, 1.165) is 18.7 Å². The van der Waals surface area contributed by atoms with E-state index in [2.05, 4.69) is 55.3 Å². The maximum Gasteiger partial charge on any atom is 0.184 e. The van der Waals surface area contributed by atoms with Crippen LogP contribution in [-0.2, 0) is 10.8 Å². The summed E-state index contributed by atoms with van der Waals surface area (Å²) in [6.07, 6.45) is 4.19. The molecular weight excluding hydrogens is 304 g/mol. The van der Waals surface area contributed by atoms with Gasteiger partial charge >= 0.3 is 0 Å². The van der Waals surface area contributed by atoms with Crippen molar-refractivity contribution >= 4 is 29.2 Å². The van der Waals surface area contributed by atoms with E-state index in [9.17, 15) is 0 Å². The van der Waals surface area contributed by atoms with E-state index in [1.807, 2.05) is 6.21 Å². The highest BCUT2D eigenvalue weighted by Crippen LogP contribution is 2.49. The van der Waals surface area contributed by atoms with Gasteiger partial charge in [-0.2, -0.15) is 5.10 Å². The van der Waals surface area contributed by atoms with Crippen molar-refractivity contribution in [3.63, 3.8) is 0 Å². The molecule has 0 unspecified atom stereocenters. The largest absolute Gasteiger partial charge is 0.375 e. The normalized spacial score (nSPS) is 21.1. The number of hydrogen-bond donors (Lipinski definition) is 2. The molecule has 0 saturated carbocycles. The van der Waals surface area contributed by atoms with Crippen LogP contribution in [0.15, 0.2) is 17.2 Å². The third-order valence-corrected chi connectivity index (χ3v) is 5.40. The molecular formula is C18H26N4S. The number of nitrogens with zero attached hydrogens (tertiary/aromatic N) is 2. The van der Waals surface area contributed by atoms with E-state index in [1.165, 1.54) is 29.7 Å². The molecule has 0 aromatic heterocycles. The minimum Gasteiger partial charge on any atom is -0.375 e. The Bertz CT molecular complexity index is 635. The summed E-state index contributed by atoms with van der Waals surface area (Å²) in [6.45, 7) is 11.7. The standard InChI is InChI=1S/C18H26N4S/c1-17(2)5-7-22-8-6-18(3,4)14-10-12(9-13(17)15(14)22)11-20-21-16(19)23/h9-11H,5-8H2,1-4H3,(H3,19,21,23). The molecule has 0 radical (unpaired) electrons. The van der Waals surface area contributed by atoms with Gasteiger partial charge < -0.3 is 10.6 Å². The monoisotopic (exact) mass is 330 g/mol. The number of nitrogens with one attached hydrogen (secondary N) is 1. The fraction of sp³-hybridized carbons (Fsp3) is 0.556. The highest BCUT2D eigenvalue weighted by molar-refractivity contribution is 7.80. The van der Waals surface area contributed by atoms with Crippen LogP contribution in [0.4, 0.5) is 5.69 Å². The Morgan fingerprint density at radius 2 is 1.70 bits per heavy atom. The molecule has 1 aromatic carbocycles. The third-order valence-electron chi connectivity index (χ3n) is 5.31. The molecule has 0 aliphatic carbocycles. The number of thiocarbonyl (C=S) groups is 1. The van der Waals surface area contributed by atoms with Gasteiger partial charge in [-0.05, 0) is 64.7 Å². The Balaban J connectivity index is 2.13. The van der Waals surface area contributed by atoms with E-state index in [1.54, 1.807) is 0 Å². The smallest absolute Gasteiger partial charge is 0.184 e. The van der Waals surface area contributed by atoms with Gasteiger partial charge in [0.15, 0.2) is 5.11 Å². The van der Waals surface area contributed by atoms with Crippen molar-refractivity contribution in [3.05, 3.63) is 28.8 Å². The zero-order chi connectivity index (χ0) is 16.8. The summed E-state index contributed by atoms with van der Waals surface area (Å²) in [5, 5.41) is 4.33. The molecule has 0 atom stereocenters. The zero-order valence-electron chi connectivity index (χ0n) is 14.4. The molecule has 5 heteroatoms. The highest BCUT2D eigenvalue weighted by Gasteiger charge is 2.39. The van der Waals surface area contributed by atoms with Crippen molar-refractivity contribution in [3.8, 4) is 0 Å². The third kappa shape index (κ3) is 2.94. The average Bonchev–Trinajstić information content (AvgIpc) is 2.45. The van der Waals surface area contributed by atoms with Crippen LogP contribution >= 0.6 is 12.2 Å². The summed E-state index contributed by atoms with van der Waals surface area (Å²) in [5.41, 5.74) is 13.9. The molecule has 2 aliphatic rings. The molecule has 3 rings (SSSR count). The van der Waals surface area contributed by atoms with Crippen LogP contribution in [0.3, 0.4) is 0 Å². The van der Waals surface area contributed by atoms with Gasteiger partial charge in [0.1, 0.15) is 0 Å². The van der Waals surface area contributed by atoms with E-state index in [-0.39, 0.29) is 15.9 Å². The lowest BCUT2D eigenvalue weighted by Gasteiger charge is -2.48. The Morgan fingerprint density at radius 3 is 2.17 bits per heavy atom. The quantitative estimate of drug-likeness (QED) is 0.497. The van der Waals surface area contributed by atoms with E-state index < -0.39 is 0 Å². The molecule has 124 valence electrons. The van der Waals surface area contributed by atoms with Crippen molar-refractivity contribution in [2.75, 3.05) is 18.0 Å². The van der Waals surface area contributed by atoms with Crippen molar-refractivity contribution in [2.45, 2.75) is 51.4 Å². The summed E-state index contributed by atoms with van der Waals surface area (Å²) < 4.78 is 0. The van der Waals surface area contributed by atoms with Gasteiger partial charge in [0, 0.05) is 18.8 Å². The first-order valence-electron chi connectivity index (χ1n) is 8.23. The number of benzene rings is 1. The Morgan fingerprint density at radius 1 is 1.17 bits per heavy atom. The van der Waals surface area contributed by atoms with Crippen LogP contribution in [0.25, 0.3) is 0 Å². The summed E-state index contributed by atoms with van der Waals surface area (Å²) >= 11 is 4.80. The predicted molar refractivity (Wildman–Crippen MR) is 101 cm³/mol.